The summed E-state index contributed by atoms with van der Waals surface area (Å²) in [5.74, 6) is 5.03. The maximum Gasteiger partial charge on any atom is 0.0542 e. The normalized spacial score (nSPS) is 20.8. The van der Waals surface area contributed by atoms with Gasteiger partial charge in [-0.25, -0.2) is 4.94 Å². The molecule has 0 atom stereocenters. The highest BCUT2D eigenvalue weighted by Crippen LogP contribution is 2.11. The van der Waals surface area contributed by atoms with E-state index in [0.717, 1.165) is 24.2 Å². The monoisotopic (exact) mass is 170 g/mol. The van der Waals surface area contributed by atoms with Crippen molar-refractivity contribution in [3.05, 3.63) is 11.3 Å². The van der Waals surface area contributed by atoms with Crippen LogP contribution in [0.15, 0.2) is 16.3 Å². The molecule has 0 amide bonds. The standard InChI is InChI=1S/C7H14N4O/c1-10-4-6-5-11(12-9)3-2-7(6)8/h4H,2-3,5,8-9H2,1H3. The zero-order valence-corrected chi connectivity index (χ0v) is 7.16. The Bertz CT molecular complexity index is 211. The maximum absolute atomic E-state index is 5.75. The van der Waals surface area contributed by atoms with Crippen molar-refractivity contribution in [3.63, 3.8) is 0 Å². The molecule has 0 saturated carbocycles. The highest BCUT2D eigenvalue weighted by atomic mass is 16.8. The summed E-state index contributed by atoms with van der Waals surface area (Å²) in [7, 11) is 1.71. The van der Waals surface area contributed by atoms with E-state index < -0.39 is 0 Å². The Kier molecular flexibility index (Phi) is 3.21. The van der Waals surface area contributed by atoms with Gasteiger partial charge in [-0.3, -0.25) is 4.99 Å². The van der Waals surface area contributed by atoms with Crippen molar-refractivity contribution in [2.45, 2.75) is 6.42 Å². The van der Waals surface area contributed by atoms with Crippen LogP contribution in [0.3, 0.4) is 0 Å². The maximum atomic E-state index is 5.75. The fourth-order valence-electron chi connectivity index (χ4n) is 1.15. The number of nitrogens with zero attached hydrogens (tertiary/aromatic N) is 2. The van der Waals surface area contributed by atoms with Crippen LogP contribution in [0.4, 0.5) is 0 Å². The molecule has 4 N–H and O–H groups in total. The van der Waals surface area contributed by atoms with Crippen molar-refractivity contribution >= 4 is 6.21 Å². The Hall–Kier alpha value is -0.910. The van der Waals surface area contributed by atoms with E-state index in [-0.39, 0.29) is 0 Å². The molecule has 0 spiro atoms. The summed E-state index contributed by atoms with van der Waals surface area (Å²) in [5.41, 5.74) is 7.60. The molecule has 0 aromatic rings. The second-order valence-corrected chi connectivity index (χ2v) is 2.66. The highest BCUT2D eigenvalue weighted by molar-refractivity contribution is 5.80. The molecule has 0 unspecified atom stereocenters. The smallest absolute Gasteiger partial charge is 0.0542 e. The third-order valence-corrected chi connectivity index (χ3v) is 1.82. The second-order valence-electron chi connectivity index (χ2n) is 2.66. The van der Waals surface area contributed by atoms with Gasteiger partial charge in [-0.2, -0.15) is 11.0 Å². The van der Waals surface area contributed by atoms with Gasteiger partial charge in [0.2, 0.25) is 0 Å². The Morgan fingerprint density at radius 1 is 1.67 bits per heavy atom. The van der Waals surface area contributed by atoms with Gasteiger partial charge in [-0.1, -0.05) is 0 Å². The second kappa shape index (κ2) is 4.20. The van der Waals surface area contributed by atoms with E-state index in [1.807, 2.05) is 0 Å². The minimum absolute atomic E-state index is 0.611. The summed E-state index contributed by atoms with van der Waals surface area (Å²) in [5, 5.41) is 1.65. The molecule has 12 heavy (non-hydrogen) atoms. The molecule has 5 heteroatoms. The Balaban J connectivity index is 2.67. The summed E-state index contributed by atoms with van der Waals surface area (Å²) in [6.07, 6.45) is 2.51. The minimum Gasteiger partial charge on any atom is -0.402 e. The van der Waals surface area contributed by atoms with Gasteiger partial charge < -0.3 is 5.73 Å². The molecular formula is C7H14N4O. The zero-order chi connectivity index (χ0) is 8.97. The molecule has 0 aromatic heterocycles. The Morgan fingerprint density at radius 2 is 2.42 bits per heavy atom. The third-order valence-electron chi connectivity index (χ3n) is 1.82. The van der Waals surface area contributed by atoms with E-state index in [1.54, 1.807) is 18.3 Å². The van der Waals surface area contributed by atoms with Crippen LogP contribution in [0.2, 0.25) is 0 Å². The largest absolute Gasteiger partial charge is 0.402 e. The van der Waals surface area contributed by atoms with Gasteiger partial charge >= 0.3 is 0 Å². The fourth-order valence-corrected chi connectivity index (χ4v) is 1.15. The quantitative estimate of drug-likeness (QED) is 0.429. The molecule has 1 aliphatic rings. The first-order chi connectivity index (χ1) is 5.77. The van der Waals surface area contributed by atoms with E-state index in [9.17, 15) is 0 Å². The molecule has 0 bridgehead atoms. The Morgan fingerprint density at radius 3 is 3.00 bits per heavy atom. The van der Waals surface area contributed by atoms with Crippen LogP contribution in [0.1, 0.15) is 6.42 Å². The first kappa shape index (κ1) is 9.18. The molecule has 1 aliphatic heterocycles. The first-order valence-electron chi connectivity index (χ1n) is 3.79. The molecular weight excluding hydrogens is 156 g/mol. The van der Waals surface area contributed by atoms with Crippen molar-refractivity contribution < 1.29 is 4.94 Å². The molecule has 0 fully saturated rings. The molecule has 0 radical (unpaired) electrons. The molecule has 5 nitrogen and oxygen atoms in total. The van der Waals surface area contributed by atoms with Gasteiger partial charge in [0.05, 0.1) is 6.54 Å². The van der Waals surface area contributed by atoms with Crippen LogP contribution in [0.25, 0.3) is 0 Å². The number of rotatable bonds is 2. The topological polar surface area (TPSA) is 76.9 Å². The minimum atomic E-state index is 0.611. The molecule has 68 valence electrons. The predicted molar refractivity (Wildman–Crippen MR) is 47.1 cm³/mol. The van der Waals surface area contributed by atoms with Crippen molar-refractivity contribution in [2.24, 2.45) is 16.6 Å². The van der Waals surface area contributed by atoms with Crippen LogP contribution in [-0.2, 0) is 4.94 Å². The number of aliphatic imine (C=N–C) groups is 1. The van der Waals surface area contributed by atoms with E-state index in [4.69, 9.17) is 11.6 Å². The lowest BCUT2D eigenvalue weighted by molar-refractivity contribution is -0.158. The molecule has 1 heterocycles. The van der Waals surface area contributed by atoms with Crippen molar-refractivity contribution in [2.75, 3.05) is 20.1 Å². The van der Waals surface area contributed by atoms with Crippen molar-refractivity contribution in [3.8, 4) is 0 Å². The van der Waals surface area contributed by atoms with E-state index in [0.29, 0.717) is 6.54 Å². The number of hydrogen-bond donors (Lipinski definition) is 2. The average molecular weight is 170 g/mol. The van der Waals surface area contributed by atoms with Crippen LogP contribution < -0.4 is 11.6 Å². The first-order valence-corrected chi connectivity index (χ1v) is 3.79. The lowest BCUT2D eigenvalue weighted by atomic mass is 10.1. The lowest BCUT2D eigenvalue weighted by Crippen LogP contribution is -2.36. The molecule has 0 aliphatic carbocycles. The molecule has 1 rings (SSSR count). The number of hydrogen-bond acceptors (Lipinski definition) is 5. The van der Waals surface area contributed by atoms with E-state index in [2.05, 4.69) is 9.93 Å². The molecule has 0 aromatic carbocycles. The average Bonchev–Trinajstić information content (AvgIpc) is 2.09. The van der Waals surface area contributed by atoms with Gasteiger partial charge in [0.15, 0.2) is 0 Å². The van der Waals surface area contributed by atoms with E-state index in [1.165, 1.54) is 0 Å². The summed E-state index contributed by atoms with van der Waals surface area (Å²) in [6.45, 7) is 1.35. The summed E-state index contributed by atoms with van der Waals surface area (Å²) in [4.78, 5) is 8.49. The van der Waals surface area contributed by atoms with Crippen LogP contribution in [-0.4, -0.2) is 31.4 Å². The van der Waals surface area contributed by atoms with Gasteiger partial charge in [0, 0.05) is 37.5 Å². The zero-order valence-electron chi connectivity index (χ0n) is 7.16. The van der Waals surface area contributed by atoms with E-state index >= 15 is 0 Å². The molecule has 0 saturated heterocycles. The van der Waals surface area contributed by atoms with Gasteiger partial charge in [-0.15, -0.1) is 0 Å². The highest BCUT2D eigenvalue weighted by Gasteiger charge is 2.15. The third kappa shape index (κ3) is 2.04. The SMILES string of the molecule is CN=CC1=C(N)CCN(ON)C1. The summed E-state index contributed by atoms with van der Waals surface area (Å²) in [6, 6.07) is 0. The van der Waals surface area contributed by atoms with Crippen LogP contribution in [0.5, 0.6) is 0 Å². The predicted octanol–water partition coefficient (Wildman–Crippen LogP) is -0.589. The van der Waals surface area contributed by atoms with Gasteiger partial charge in [0.1, 0.15) is 0 Å². The fraction of sp³-hybridized carbons (Fsp3) is 0.571. The lowest BCUT2D eigenvalue weighted by Gasteiger charge is -2.24. The number of hydroxylamine groups is 2. The van der Waals surface area contributed by atoms with Crippen LogP contribution >= 0.6 is 0 Å². The van der Waals surface area contributed by atoms with Crippen molar-refractivity contribution in [1.82, 2.24) is 5.06 Å². The summed E-state index contributed by atoms with van der Waals surface area (Å²) < 4.78 is 0. The van der Waals surface area contributed by atoms with Crippen molar-refractivity contribution in [1.29, 1.82) is 0 Å². The Labute approximate surface area is 71.6 Å². The van der Waals surface area contributed by atoms with Crippen LogP contribution in [0, 0.1) is 0 Å². The van der Waals surface area contributed by atoms with Gasteiger partial charge in [-0.05, 0) is 0 Å². The number of nitrogens with two attached hydrogens (primary N) is 2. The summed E-state index contributed by atoms with van der Waals surface area (Å²) >= 11 is 0. The van der Waals surface area contributed by atoms with Gasteiger partial charge in [0.25, 0.3) is 0 Å².